The fourth-order valence-electron chi connectivity index (χ4n) is 2.02. The lowest BCUT2D eigenvalue weighted by atomic mass is 9.79. The number of carbonyl (C=O) groups excluding carboxylic acids is 2. The molecule has 1 aromatic rings. The fraction of sp³-hybridized carbons (Fsp3) is 0.400. The Bertz CT molecular complexity index is 730. The highest BCUT2D eigenvalue weighted by molar-refractivity contribution is 7.90. The molecule has 0 saturated carbocycles. The number of hydrogen-bond donors (Lipinski definition) is 1. The van der Waals surface area contributed by atoms with Crippen LogP contribution in [0, 0.1) is 5.41 Å². The van der Waals surface area contributed by atoms with E-state index in [0.29, 0.717) is 0 Å². The summed E-state index contributed by atoms with van der Waals surface area (Å²) in [6.07, 6.45) is -0.614. The number of aliphatic carboxylic acids is 1. The lowest BCUT2D eigenvalue weighted by Gasteiger charge is -2.29. The highest BCUT2D eigenvalue weighted by Crippen LogP contribution is 2.29. The van der Waals surface area contributed by atoms with E-state index in [1.807, 2.05) is 0 Å². The van der Waals surface area contributed by atoms with Crippen molar-refractivity contribution in [1.29, 1.82) is 0 Å². The van der Waals surface area contributed by atoms with Gasteiger partial charge < -0.3 is 9.84 Å². The molecule has 126 valence electrons. The number of carboxylic acids is 1. The van der Waals surface area contributed by atoms with E-state index < -0.39 is 39.1 Å². The van der Waals surface area contributed by atoms with Gasteiger partial charge in [0.1, 0.15) is 0 Å². The molecule has 0 radical (unpaired) electrons. The molecule has 1 atom stereocenters. The minimum Gasteiger partial charge on any atom is -0.478 e. The van der Waals surface area contributed by atoms with Crippen molar-refractivity contribution in [2.75, 3.05) is 6.26 Å². The first-order valence-corrected chi connectivity index (χ1v) is 8.51. The van der Waals surface area contributed by atoms with Crippen LogP contribution in [-0.2, 0) is 24.2 Å². The van der Waals surface area contributed by atoms with Crippen LogP contribution in [0.25, 0.3) is 0 Å². The molecule has 0 saturated heterocycles. The Morgan fingerprint density at radius 2 is 1.61 bits per heavy atom. The first kappa shape index (κ1) is 18.8. The van der Waals surface area contributed by atoms with Crippen LogP contribution in [-0.4, -0.2) is 43.6 Å². The maximum atomic E-state index is 12.6. The molecule has 0 bridgehead atoms. The monoisotopic (exact) mass is 342 g/mol. The molecule has 1 rings (SSSR count). The number of ether oxygens (including phenoxy) is 1. The van der Waals surface area contributed by atoms with E-state index in [-0.39, 0.29) is 10.5 Å². The topological polar surface area (TPSA) is 115 Å². The number of benzene rings is 1. The number of hydrogen-bond acceptors (Lipinski definition) is 6. The summed E-state index contributed by atoms with van der Waals surface area (Å²) in [5.74, 6) is -2.83. The van der Waals surface area contributed by atoms with E-state index in [1.54, 1.807) is 0 Å². The van der Waals surface area contributed by atoms with E-state index in [4.69, 9.17) is 4.74 Å². The molecule has 7 nitrogen and oxygen atoms in total. The van der Waals surface area contributed by atoms with Crippen molar-refractivity contribution < 1.29 is 32.6 Å². The lowest BCUT2D eigenvalue weighted by Crippen LogP contribution is -2.45. The summed E-state index contributed by atoms with van der Waals surface area (Å²) < 4.78 is 27.6. The summed E-state index contributed by atoms with van der Waals surface area (Å²) >= 11 is 0. The van der Waals surface area contributed by atoms with Crippen LogP contribution in [0.1, 0.15) is 31.1 Å². The number of rotatable bonds is 6. The summed E-state index contributed by atoms with van der Waals surface area (Å²) in [7, 11) is -3.40. The molecule has 0 spiro atoms. The Hall–Kier alpha value is -2.22. The lowest BCUT2D eigenvalue weighted by molar-refractivity contribution is -0.168. The summed E-state index contributed by atoms with van der Waals surface area (Å²) in [6.45, 7) is 3.75. The third kappa shape index (κ3) is 4.38. The van der Waals surface area contributed by atoms with Gasteiger partial charge in [0.25, 0.3) is 0 Å². The van der Waals surface area contributed by atoms with Gasteiger partial charge in [-0.05, 0) is 26.0 Å². The average molecular weight is 342 g/mol. The predicted octanol–water partition coefficient (Wildman–Crippen LogP) is 1.32. The number of ketones is 1. The van der Waals surface area contributed by atoms with E-state index >= 15 is 0 Å². The minimum atomic E-state index is -3.40. The zero-order valence-electron chi connectivity index (χ0n) is 13.2. The Balaban J connectivity index is 3.19. The molecule has 0 aromatic heterocycles. The average Bonchev–Trinajstić information content (AvgIpc) is 2.42. The zero-order valence-corrected chi connectivity index (χ0v) is 14.0. The van der Waals surface area contributed by atoms with Crippen molar-refractivity contribution in [2.45, 2.75) is 31.8 Å². The van der Waals surface area contributed by atoms with Crippen LogP contribution in [0.15, 0.2) is 29.2 Å². The van der Waals surface area contributed by atoms with Gasteiger partial charge in [-0.2, -0.15) is 0 Å². The van der Waals surface area contributed by atoms with Crippen molar-refractivity contribution >= 4 is 27.6 Å². The largest absolute Gasteiger partial charge is 0.478 e. The normalized spacial score (nSPS) is 13.2. The maximum Gasteiger partial charge on any atom is 0.346 e. The van der Waals surface area contributed by atoms with Crippen LogP contribution in [0.2, 0.25) is 0 Å². The Kier molecular flexibility index (Phi) is 5.31. The molecule has 0 fully saturated rings. The maximum absolute atomic E-state index is 12.6. The van der Waals surface area contributed by atoms with E-state index in [0.717, 1.165) is 13.2 Å². The minimum absolute atomic E-state index is 0.0432. The zero-order chi connectivity index (χ0) is 18.0. The van der Waals surface area contributed by atoms with Gasteiger partial charge in [-0.3, -0.25) is 9.59 Å². The SMILES string of the molecule is CC(=O)OC(C(=O)O)C(C)(C)C(=O)c1ccc(S(C)(=O)=O)cc1. The van der Waals surface area contributed by atoms with Gasteiger partial charge in [0, 0.05) is 18.7 Å². The van der Waals surface area contributed by atoms with Gasteiger partial charge >= 0.3 is 11.9 Å². The second kappa shape index (κ2) is 6.49. The Morgan fingerprint density at radius 3 is 1.96 bits per heavy atom. The summed E-state index contributed by atoms with van der Waals surface area (Å²) in [4.78, 5) is 34.9. The fourth-order valence-corrected chi connectivity index (χ4v) is 2.65. The number of sulfone groups is 1. The first-order valence-electron chi connectivity index (χ1n) is 6.62. The van der Waals surface area contributed by atoms with E-state index in [1.165, 1.54) is 38.1 Å². The van der Waals surface area contributed by atoms with Gasteiger partial charge in [0.15, 0.2) is 15.6 Å². The number of esters is 1. The first-order chi connectivity index (χ1) is 10.4. The molecule has 0 heterocycles. The van der Waals surface area contributed by atoms with Crippen molar-refractivity contribution in [3.8, 4) is 0 Å². The molecule has 0 aliphatic rings. The smallest absolute Gasteiger partial charge is 0.346 e. The molecule has 1 aromatic carbocycles. The van der Waals surface area contributed by atoms with Crippen LogP contribution in [0.3, 0.4) is 0 Å². The molecule has 8 heteroatoms. The molecular formula is C15H18O7S. The van der Waals surface area contributed by atoms with Crippen LogP contribution in [0.5, 0.6) is 0 Å². The van der Waals surface area contributed by atoms with Crippen molar-refractivity contribution in [1.82, 2.24) is 0 Å². The Labute approximate surface area is 134 Å². The third-order valence-electron chi connectivity index (χ3n) is 3.29. The quantitative estimate of drug-likeness (QED) is 0.612. The molecule has 0 aliphatic carbocycles. The van der Waals surface area contributed by atoms with Gasteiger partial charge in [-0.1, -0.05) is 12.1 Å². The third-order valence-corrected chi connectivity index (χ3v) is 4.42. The van der Waals surface area contributed by atoms with Crippen LogP contribution >= 0.6 is 0 Å². The molecular weight excluding hydrogens is 324 g/mol. The molecule has 0 aliphatic heterocycles. The van der Waals surface area contributed by atoms with Gasteiger partial charge in [-0.15, -0.1) is 0 Å². The van der Waals surface area contributed by atoms with Crippen LogP contribution in [0.4, 0.5) is 0 Å². The number of carboxylic acid groups (broad SMARTS) is 1. The van der Waals surface area contributed by atoms with E-state index in [2.05, 4.69) is 0 Å². The predicted molar refractivity (Wildman–Crippen MR) is 80.9 cm³/mol. The highest BCUT2D eigenvalue weighted by atomic mass is 32.2. The second-order valence-corrected chi connectivity index (χ2v) is 7.69. The van der Waals surface area contributed by atoms with E-state index in [9.17, 15) is 27.9 Å². The van der Waals surface area contributed by atoms with Gasteiger partial charge in [0.05, 0.1) is 10.3 Å². The molecule has 0 amide bonds. The highest BCUT2D eigenvalue weighted by Gasteiger charge is 2.44. The van der Waals surface area contributed by atoms with Crippen LogP contribution < -0.4 is 0 Å². The summed E-state index contributed by atoms with van der Waals surface area (Å²) in [6, 6.07) is 5.13. The number of carbonyl (C=O) groups is 3. The summed E-state index contributed by atoms with van der Waals surface area (Å²) in [5.41, 5.74) is -1.40. The van der Waals surface area contributed by atoms with Gasteiger partial charge in [-0.25, -0.2) is 13.2 Å². The molecule has 1 unspecified atom stereocenters. The molecule has 1 N–H and O–H groups in total. The molecule has 23 heavy (non-hydrogen) atoms. The van der Waals surface area contributed by atoms with Crippen molar-refractivity contribution in [3.63, 3.8) is 0 Å². The number of Topliss-reactive ketones (excluding diaryl/α,β-unsaturated/α-hetero) is 1. The standard InChI is InChI=1S/C15H18O7S/c1-9(16)22-13(14(18)19)15(2,3)12(17)10-5-7-11(8-6-10)23(4,20)21/h5-8,13H,1-4H3,(H,18,19). The summed E-state index contributed by atoms with van der Waals surface area (Å²) in [5, 5.41) is 9.20. The van der Waals surface area contributed by atoms with Gasteiger partial charge in [0.2, 0.25) is 6.10 Å². The second-order valence-electron chi connectivity index (χ2n) is 5.68. The van der Waals surface area contributed by atoms with Crippen molar-refractivity contribution in [3.05, 3.63) is 29.8 Å². The Morgan fingerprint density at radius 1 is 1.13 bits per heavy atom. The van der Waals surface area contributed by atoms with Crippen molar-refractivity contribution in [2.24, 2.45) is 5.41 Å².